The fourth-order valence-electron chi connectivity index (χ4n) is 3.06. The lowest BCUT2D eigenvalue weighted by Gasteiger charge is -2.20. The van der Waals surface area contributed by atoms with E-state index in [1.165, 1.54) is 26.2 Å². The normalized spacial score (nSPS) is 11.6. The van der Waals surface area contributed by atoms with Crippen molar-refractivity contribution in [3.8, 4) is 0 Å². The Hall–Kier alpha value is -3.00. The molecule has 0 aliphatic carbocycles. The maximum atomic E-state index is 12.5. The molecule has 1 amide bonds. The number of nitrogens with one attached hydrogen (secondary N) is 2. The Morgan fingerprint density at radius 1 is 0.867 bits per heavy atom. The van der Waals surface area contributed by atoms with E-state index < -0.39 is 10.0 Å². The van der Waals surface area contributed by atoms with Gasteiger partial charge >= 0.3 is 0 Å². The van der Waals surface area contributed by atoms with E-state index in [4.69, 9.17) is 0 Å². The van der Waals surface area contributed by atoms with E-state index in [1.807, 2.05) is 60.7 Å². The lowest BCUT2D eigenvalue weighted by Crippen LogP contribution is -2.32. The quantitative estimate of drug-likeness (QED) is 0.583. The summed E-state index contributed by atoms with van der Waals surface area (Å²) in [5.41, 5.74) is 2.53. The highest BCUT2D eigenvalue weighted by Crippen LogP contribution is 2.22. The molecule has 0 aliphatic heterocycles. The molecule has 0 aliphatic rings. The van der Waals surface area contributed by atoms with Gasteiger partial charge in [0.2, 0.25) is 15.9 Å². The largest absolute Gasteiger partial charge is 0.325 e. The molecular weight excluding hydrogens is 398 g/mol. The van der Waals surface area contributed by atoms with E-state index in [1.54, 1.807) is 12.1 Å². The first-order valence-corrected chi connectivity index (χ1v) is 11.0. The summed E-state index contributed by atoms with van der Waals surface area (Å²) in [6, 6.07) is 25.9. The monoisotopic (exact) mass is 423 g/mol. The van der Waals surface area contributed by atoms with Gasteiger partial charge in [0.15, 0.2) is 0 Å². The summed E-state index contributed by atoms with van der Waals surface area (Å²) in [7, 11) is -0.626. The van der Waals surface area contributed by atoms with Gasteiger partial charge in [0.1, 0.15) is 0 Å². The van der Waals surface area contributed by atoms with E-state index in [9.17, 15) is 13.2 Å². The number of benzene rings is 3. The smallest absolute Gasteiger partial charge is 0.242 e. The lowest BCUT2D eigenvalue weighted by atomic mass is 9.99. The van der Waals surface area contributed by atoms with Gasteiger partial charge in [0.25, 0.3) is 0 Å². The molecule has 0 aromatic heterocycles. The zero-order valence-corrected chi connectivity index (χ0v) is 17.8. The average molecular weight is 424 g/mol. The summed E-state index contributed by atoms with van der Waals surface area (Å²) in [4.78, 5) is 12.7. The zero-order chi connectivity index (χ0) is 21.6. The first-order valence-electron chi connectivity index (χ1n) is 9.53. The van der Waals surface area contributed by atoms with E-state index in [2.05, 4.69) is 10.6 Å². The Labute approximate surface area is 177 Å². The van der Waals surface area contributed by atoms with Gasteiger partial charge in [0.05, 0.1) is 17.5 Å². The Bertz CT molecular complexity index is 1050. The molecule has 6 nitrogen and oxygen atoms in total. The second kappa shape index (κ2) is 9.67. The van der Waals surface area contributed by atoms with Crippen LogP contribution in [0.4, 0.5) is 5.69 Å². The maximum absolute atomic E-state index is 12.5. The molecule has 3 rings (SSSR count). The van der Waals surface area contributed by atoms with Crippen LogP contribution in [0.25, 0.3) is 0 Å². The van der Waals surface area contributed by atoms with Crippen molar-refractivity contribution in [2.75, 3.05) is 26.0 Å². The van der Waals surface area contributed by atoms with Crippen LogP contribution in [0.5, 0.6) is 0 Å². The third kappa shape index (κ3) is 5.33. The Morgan fingerprint density at radius 3 is 1.97 bits per heavy atom. The molecule has 3 aromatic carbocycles. The highest BCUT2D eigenvalue weighted by molar-refractivity contribution is 7.89. The minimum absolute atomic E-state index is 0.0686. The zero-order valence-electron chi connectivity index (χ0n) is 16.9. The Balaban J connectivity index is 1.71. The minimum atomic E-state index is -3.57. The standard InChI is InChI=1S/C23H25N3O3S/c1-26(2)30(28,29)21-15-9-14-20(16-21)25-22(27)17-24-23(18-10-5-3-6-11-18)19-12-7-4-8-13-19/h3-16,23-24H,17H2,1-2H3,(H,25,27). The van der Waals surface area contributed by atoms with Crippen LogP contribution in [-0.4, -0.2) is 39.3 Å². The highest BCUT2D eigenvalue weighted by atomic mass is 32.2. The van der Waals surface area contributed by atoms with Crippen LogP contribution in [0.1, 0.15) is 17.2 Å². The number of nitrogens with zero attached hydrogens (tertiary/aromatic N) is 1. The Morgan fingerprint density at radius 2 is 1.43 bits per heavy atom. The third-order valence-corrected chi connectivity index (χ3v) is 6.44. The van der Waals surface area contributed by atoms with E-state index in [-0.39, 0.29) is 23.4 Å². The van der Waals surface area contributed by atoms with Crippen LogP contribution >= 0.6 is 0 Å². The second-order valence-corrected chi connectivity index (χ2v) is 9.15. The molecule has 2 N–H and O–H groups in total. The summed E-state index contributed by atoms with van der Waals surface area (Å²) in [5.74, 6) is -0.258. The van der Waals surface area contributed by atoms with E-state index in [0.29, 0.717) is 5.69 Å². The molecule has 30 heavy (non-hydrogen) atoms. The molecule has 3 aromatic rings. The van der Waals surface area contributed by atoms with Crippen molar-refractivity contribution in [2.24, 2.45) is 0 Å². The molecule has 0 saturated heterocycles. The molecule has 0 heterocycles. The van der Waals surface area contributed by atoms with Gasteiger partial charge in [-0.15, -0.1) is 0 Å². The van der Waals surface area contributed by atoms with E-state index in [0.717, 1.165) is 15.4 Å². The number of rotatable bonds is 8. The topological polar surface area (TPSA) is 78.5 Å². The molecule has 0 radical (unpaired) electrons. The van der Waals surface area contributed by atoms with Crippen LogP contribution in [0.3, 0.4) is 0 Å². The van der Waals surface area contributed by atoms with Crippen molar-refractivity contribution in [3.05, 3.63) is 96.1 Å². The predicted octanol–water partition coefficient (Wildman–Crippen LogP) is 3.25. The average Bonchev–Trinajstić information content (AvgIpc) is 2.75. The number of carbonyl (C=O) groups is 1. The van der Waals surface area contributed by atoms with Crippen molar-refractivity contribution in [2.45, 2.75) is 10.9 Å². The van der Waals surface area contributed by atoms with Crippen LogP contribution < -0.4 is 10.6 Å². The van der Waals surface area contributed by atoms with Crippen molar-refractivity contribution >= 4 is 21.6 Å². The van der Waals surface area contributed by atoms with Crippen molar-refractivity contribution in [1.82, 2.24) is 9.62 Å². The maximum Gasteiger partial charge on any atom is 0.242 e. The van der Waals surface area contributed by atoms with Crippen molar-refractivity contribution in [1.29, 1.82) is 0 Å². The van der Waals surface area contributed by atoms with Crippen LogP contribution in [-0.2, 0) is 14.8 Å². The molecular formula is C23H25N3O3S. The fraction of sp³-hybridized carbons (Fsp3) is 0.174. The van der Waals surface area contributed by atoms with Gasteiger partial charge in [-0.1, -0.05) is 66.7 Å². The van der Waals surface area contributed by atoms with Gasteiger partial charge in [-0.2, -0.15) is 0 Å². The van der Waals surface area contributed by atoms with Gasteiger partial charge < -0.3 is 5.32 Å². The molecule has 0 bridgehead atoms. The van der Waals surface area contributed by atoms with Gasteiger partial charge in [-0.25, -0.2) is 12.7 Å². The summed E-state index contributed by atoms with van der Waals surface area (Å²) in [5, 5.41) is 6.06. The van der Waals surface area contributed by atoms with Crippen molar-refractivity contribution < 1.29 is 13.2 Å². The summed E-state index contributed by atoms with van der Waals surface area (Å²) in [6.45, 7) is 0.0686. The predicted molar refractivity (Wildman–Crippen MR) is 119 cm³/mol. The van der Waals surface area contributed by atoms with Crippen LogP contribution in [0, 0.1) is 0 Å². The number of carbonyl (C=O) groups excluding carboxylic acids is 1. The number of sulfonamides is 1. The molecule has 0 saturated carbocycles. The molecule has 0 spiro atoms. The van der Waals surface area contributed by atoms with E-state index >= 15 is 0 Å². The number of anilines is 1. The first kappa shape index (κ1) is 21.7. The summed E-state index contributed by atoms with van der Waals surface area (Å²) >= 11 is 0. The molecule has 0 atom stereocenters. The lowest BCUT2D eigenvalue weighted by molar-refractivity contribution is -0.115. The van der Waals surface area contributed by atoms with Crippen LogP contribution in [0.15, 0.2) is 89.8 Å². The number of hydrogen-bond acceptors (Lipinski definition) is 4. The number of hydrogen-bond donors (Lipinski definition) is 2. The van der Waals surface area contributed by atoms with Crippen molar-refractivity contribution in [3.63, 3.8) is 0 Å². The second-order valence-electron chi connectivity index (χ2n) is 7.00. The molecule has 156 valence electrons. The van der Waals surface area contributed by atoms with Crippen LogP contribution in [0.2, 0.25) is 0 Å². The summed E-state index contributed by atoms with van der Waals surface area (Å²) in [6.07, 6.45) is 0. The molecule has 0 fully saturated rings. The molecule has 0 unspecified atom stereocenters. The Kier molecular flexibility index (Phi) is 6.99. The van der Waals surface area contributed by atoms with Gasteiger partial charge in [-0.3, -0.25) is 10.1 Å². The third-order valence-electron chi connectivity index (χ3n) is 4.63. The first-order chi connectivity index (χ1) is 14.4. The fourth-order valence-corrected chi connectivity index (χ4v) is 4.01. The SMILES string of the molecule is CN(C)S(=O)(=O)c1cccc(NC(=O)CNC(c2ccccc2)c2ccccc2)c1. The number of amides is 1. The minimum Gasteiger partial charge on any atom is -0.325 e. The van der Waals surface area contributed by atoms with Gasteiger partial charge in [-0.05, 0) is 29.3 Å². The highest BCUT2D eigenvalue weighted by Gasteiger charge is 2.18. The molecule has 7 heteroatoms. The van der Waals surface area contributed by atoms with Gasteiger partial charge in [0, 0.05) is 19.8 Å². The summed E-state index contributed by atoms with van der Waals surface area (Å²) < 4.78 is 25.7.